The Morgan fingerprint density at radius 3 is 2.30 bits per heavy atom. The number of aryl methyl sites for hydroxylation is 1. The lowest BCUT2D eigenvalue weighted by atomic mass is 9.99. The number of piperidine rings is 2. The molecule has 2 heterocycles. The minimum Gasteiger partial charge on any atom is -0.489 e. The van der Waals surface area contributed by atoms with Crippen molar-refractivity contribution in [1.82, 2.24) is 14.5 Å². The van der Waals surface area contributed by atoms with Crippen LogP contribution in [0.2, 0.25) is 10.0 Å². The van der Waals surface area contributed by atoms with E-state index < -0.39 is 11.0 Å². The third kappa shape index (κ3) is 6.41. The molecular formula is C24H29Cl2N3O3S. The molecule has 0 aromatic heterocycles. The number of carbonyl (C=O) groups excluding carboxylic acids is 1. The Morgan fingerprint density at radius 2 is 1.67 bits per heavy atom. The molecule has 0 bridgehead atoms. The molecule has 0 spiro atoms. The molecule has 2 aliphatic rings. The summed E-state index contributed by atoms with van der Waals surface area (Å²) in [6.45, 7) is 5.23. The molecule has 178 valence electrons. The first kappa shape index (κ1) is 24.3. The zero-order chi connectivity index (χ0) is 23.4. The molecule has 2 aromatic carbocycles. The first-order valence-electron chi connectivity index (χ1n) is 11.3. The van der Waals surface area contributed by atoms with E-state index in [1.54, 1.807) is 29.2 Å². The number of amides is 2. The topological polar surface area (TPSA) is 61.9 Å². The van der Waals surface area contributed by atoms with Gasteiger partial charge >= 0.3 is 6.03 Å². The van der Waals surface area contributed by atoms with Crippen LogP contribution in [0.4, 0.5) is 4.79 Å². The normalized spacial score (nSPS) is 19.3. The summed E-state index contributed by atoms with van der Waals surface area (Å²) in [6.07, 6.45) is 3.85. The number of likely N-dealkylation sites (tertiary alicyclic amines) is 2. The quantitative estimate of drug-likeness (QED) is 0.612. The van der Waals surface area contributed by atoms with Crippen LogP contribution in [0.25, 0.3) is 0 Å². The van der Waals surface area contributed by atoms with Crippen LogP contribution >= 0.6 is 23.2 Å². The zero-order valence-corrected chi connectivity index (χ0v) is 21.0. The summed E-state index contributed by atoms with van der Waals surface area (Å²) in [5.41, 5.74) is 1.09. The largest absolute Gasteiger partial charge is 0.489 e. The number of benzene rings is 2. The van der Waals surface area contributed by atoms with Crippen LogP contribution in [0.1, 0.15) is 31.2 Å². The van der Waals surface area contributed by atoms with Gasteiger partial charge in [-0.2, -0.15) is 0 Å². The van der Waals surface area contributed by atoms with E-state index in [2.05, 4.69) is 9.62 Å². The number of halogens is 2. The number of hydrogen-bond donors (Lipinski definition) is 1. The molecule has 2 amide bonds. The molecule has 0 aliphatic carbocycles. The SMILES string of the molecule is Cc1ccc(S(=O)NC(=O)N2CCC(N3CCC(Oc4ccc(Cl)cc4Cl)CC3)CC2)cc1. The maximum Gasteiger partial charge on any atom is 0.329 e. The Morgan fingerprint density at radius 1 is 1.00 bits per heavy atom. The molecular weight excluding hydrogens is 481 g/mol. The van der Waals surface area contributed by atoms with E-state index >= 15 is 0 Å². The fourth-order valence-corrected chi connectivity index (χ4v) is 5.65. The van der Waals surface area contributed by atoms with Gasteiger partial charge in [-0.05, 0) is 62.9 Å². The Labute approximate surface area is 207 Å². The van der Waals surface area contributed by atoms with Crippen molar-refractivity contribution >= 4 is 40.2 Å². The summed E-state index contributed by atoms with van der Waals surface area (Å²) >= 11 is 12.2. The van der Waals surface area contributed by atoms with Gasteiger partial charge in [0.1, 0.15) is 11.9 Å². The number of nitrogens with zero attached hydrogens (tertiary/aromatic N) is 2. The molecule has 2 saturated heterocycles. The van der Waals surface area contributed by atoms with Crippen molar-refractivity contribution in [2.45, 2.75) is 49.6 Å². The highest BCUT2D eigenvalue weighted by Gasteiger charge is 2.30. The van der Waals surface area contributed by atoms with Crippen LogP contribution < -0.4 is 9.46 Å². The summed E-state index contributed by atoms with van der Waals surface area (Å²) in [7, 11) is -1.54. The van der Waals surface area contributed by atoms with E-state index in [0.717, 1.165) is 44.3 Å². The van der Waals surface area contributed by atoms with Crippen molar-refractivity contribution < 1.29 is 13.7 Å². The number of carbonyl (C=O) groups is 1. The predicted molar refractivity (Wildman–Crippen MR) is 132 cm³/mol. The van der Waals surface area contributed by atoms with Gasteiger partial charge in [-0.3, -0.25) is 9.62 Å². The minimum atomic E-state index is -1.54. The molecule has 33 heavy (non-hydrogen) atoms. The second kappa shape index (κ2) is 11.1. The number of urea groups is 1. The van der Waals surface area contributed by atoms with Crippen molar-refractivity contribution in [3.8, 4) is 5.75 Å². The van der Waals surface area contributed by atoms with Crippen molar-refractivity contribution in [3.05, 3.63) is 58.1 Å². The molecule has 2 aromatic rings. The van der Waals surface area contributed by atoms with E-state index in [1.165, 1.54) is 0 Å². The second-order valence-corrected chi connectivity index (χ2v) is 10.7. The summed E-state index contributed by atoms with van der Waals surface area (Å²) < 4.78 is 21.2. The van der Waals surface area contributed by atoms with Crippen molar-refractivity contribution in [3.63, 3.8) is 0 Å². The molecule has 4 rings (SSSR count). The van der Waals surface area contributed by atoms with E-state index in [0.29, 0.717) is 39.8 Å². The molecule has 1 N–H and O–H groups in total. The Bertz CT molecular complexity index is 989. The van der Waals surface area contributed by atoms with Gasteiger partial charge in [0.15, 0.2) is 11.0 Å². The Kier molecular flexibility index (Phi) is 8.17. The van der Waals surface area contributed by atoms with Gasteiger partial charge in [0.25, 0.3) is 0 Å². The summed E-state index contributed by atoms with van der Waals surface area (Å²) in [4.78, 5) is 17.4. The number of nitrogens with one attached hydrogen (secondary N) is 1. The highest BCUT2D eigenvalue weighted by atomic mass is 35.5. The summed E-state index contributed by atoms with van der Waals surface area (Å²) in [6, 6.07) is 12.9. The van der Waals surface area contributed by atoms with Crippen LogP contribution in [0, 0.1) is 6.92 Å². The van der Waals surface area contributed by atoms with Crippen molar-refractivity contribution in [2.75, 3.05) is 26.2 Å². The molecule has 0 saturated carbocycles. The molecule has 0 radical (unpaired) electrons. The van der Waals surface area contributed by atoms with Gasteiger partial charge in [0, 0.05) is 37.2 Å². The fourth-order valence-electron chi connectivity index (χ4n) is 4.41. The monoisotopic (exact) mass is 509 g/mol. The molecule has 2 fully saturated rings. The van der Waals surface area contributed by atoms with E-state index in [1.807, 2.05) is 25.1 Å². The molecule has 1 atom stereocenters. The Hall–Kier alpha value is -1.80. The average molecular weight is 510 g/mol. The first-order chi connectivity index (χ1) is 15.9. The molecule has 6 nitrogen and oxygen atoms in total. The maximum atomic E-state index is 12.6. The molecule has 1 unspecified atom stereocenters. The third-order valence-electron chi connectivity index (χ3n) is 6.35. The molecule has 2 aliphatic heterocycles. The minimum absolute atomic E-state index is 0.141. The number of ether oxygens (including phenoxy) is 1. The van der Waals surface area contributed by atoms with Crippen LogP contribution in [-0.2, 0) is 11.0 Å². The van der Waals surface area contributed by atoms with E-state index in [9.17, 15) is 9.00 Å². The summed E-state index contributed by atoms with van der Waals surface area (Å²) in [5, 5.41) is 1.14. The first-order valence-corrected chi connectivity index (χ1v) is 13.2. The van der Waals surface area contributed by atoms with Gasteiger partial charge in [-0.25, -0.2) is 9.00 Å². The third-order valence-corrected chi connectivity index (χ3v) is 7.94. The highest BCUT2D eigenvalue weighted by Crippen LogP contribution is 2.30. The lowest BCUT2D eigenvalue weighted by Crippen LogP contribution is -2.52. The smallest absolute Gasteiger partial charge is 0.329 e. The standard InChI is InChI=1S/C24H29Cl2N3O3S/c1-17-2-5-21(6-3-17)33(31)27-24(30)29-12-8-19(9-13-29)28-14-10-20(11-15-28)32-23-7-4-18(25)16-22(23)26/h2-7,16,19-20H,8-15H2,1H3,(H,27,30). The number of hydrogen-bond acceptors (Lipinski definition) is 4. The van der Waals surface area contributed by atoms with Gasteiger partial charge < -0.3 is 9.64 Å². The van der Waals surface area contributed by atoms with E-state index in [-0.39, 0.29) is 12.1 Å². The van der Waals surface area contributed by atoms with Crippen molar-refractivity contribution in [1.29, 1.82) is 0 Å². The van der Waals surface area contributed by atoms with Crippen LogP contribution in [0.15, 0.2) is 47.4 Å². The highest BCUT2D eigenvalue weighted by molar-refractivity contribution is 7.83. The van der Waals surface area contributed by atoms with Gasteiger partial charge in [0.05, 0.1) is 9.92 Å². The second-order valence-electron chi connectivity index (χ2n) is 8.64. The van der Waals surface area contributed by atoms with Crippen LogP contribution in [0.3, 0.4) is 0 Å². The lowest BCUT2D eigenvalue weighted by molar-refractivity contribution is 0.0540. The van der Waals surface area contributed by atoms with Crippen LogP contribution in [0.5, 0.6) is 5.75 Å². The maximum absolute atomic E-state index is 12.6. The Balaban J connectivity index is 1.20. The zero-order valence-electron chi connectivity index (χ0n) is 18.6. The summed E-state index contributed by atoms with van der Waals surface area (Å²) in [5.74, 6) is 0.682. The fraction of sp³-hybridized carbons (Fsp3) is 0.458. The van der Waals surface area contributed by atoms with Gasteiger partial charge in [0.2, 0.25) is 0 Å². The lowest BCUT2D eigenvalue weighted by Gasteiger charge is -2.41. The van der Waals surface area contributed by atoms with Crippen LogP contribution in [-0.4, -0.2) is 58.4 Å². The average Bonchev–Trinajstić information content (AvgIpc) is 2.82. The number of rotatable bonds is 5. The van der Waals surface area contributed by atoms with Gasteiger partial charge in [-0.1, -0.05) is 40.9 Å². The van der Waals surface area contributed by atoms with E-state index in [4.69, 9.17) is 27.9 Å². The molecule has 9 heteroatoms. The predicted octanol–water partition coefficient (Wildman–Crippen LogP) is 5.04. The van der Waals surface area contributed by atoms with Gasteiger partial charge in [-0.15, -0.1) is 0 Å². The van der Waals surface area contributed by atoms with Crippen molar-refractivity contribution in [2.24, 2.45) is 0 Å².